The van der Waals surface area contributed by atoms with Gasteiger partial charge in [-0.1, -0.05) is 39.8 Å². The van der Waals surface area contributed by atoms with Crippen molar-refractivity contribution in [2.45, 2.75) is 9.79 Å². The lowest BCUT2D eigenvalue weighted by Crippen LogP contribution is -2.43. The molecule has 0 radical (unpaired) electrons. The fourth-order valence-electron chi connectivity index (χ4n) is 2.34. The van der Waals surface area contributed by atoms with Crippen LogP contribution in [0.2, 0.25) is 0 Å². The molecule has 1 aliphatic heterocycles. The Labute approximate surface area is 132 Å². The van der Waals surface area contributed by atoms with E-state index in [1.54, 1.807) is 0 Å². The molecular weight excluding hydrogens is 332 g/mol. The molecule has 0 saturated carbocycles. The topological polar surface area (TPSA) is 15.3 Å². The number of rotatable bonds is 3. The van der Waals surface area contributed by atoms with E-state index in [2.05, 4.69) is 74.7 Å². The fraction of sp³-hybridized carbons (Fsp3) is 0.250. The summed E-state index contributed by atoms with van der Waals surface area (Å²) in [5.74, 6) is 0. The van der Waals surface area contributed by atoms with Gasteiger partial charge < -0.3 is 10.2 Å². The van der Waals surface area contributed by atoms with Crippen molar-refractivity contribution in [1.29, 1.82) is 0 Å². The molecule has 0 atom stereocenters. The number of hydrogen-bond acceptors (Lipinski definition) is 3. The first kappa shape index (κ1) is 14.0. The van der Waals surface area contributed by atoms with Crippen LogP contribution in [0.4, 0.5) is 5.69 Å². The van der Waals surface area contributed by atoms with Gasteiger partial charge in [-0.2, -0.15) is 0 Å². The summed E-state index contributed by atoms with van der Waals surface area (Å²) in [6, 6.07) is 17.2. The first-order chi connectivity index (χ1) is 9.83. The molecule has 0 unspecified atom stereocenters. The van der Waals surface area contributed by atoms with Crippen molar-refractivity contribution < 1.29 is 0 Å². The standard InChI is InChI=1S/C16H17BrN2S/c17-13-5-7-14(8-6-13)20-16-4-2-1-3-15(16)19-11-9-18-10-12-19/h1-8,18H,9-12H2. The van der Waals surface area contributed by atoms with Crippen molar-refractivity contribution in [2.24, 2.45) is 0 Å². The third-order valence-electron chi connectivity index (χ3n) is 3.36. The number of anilines is 1. The van der Waals surface area contributed by atoms with Crippen LogP contribution in [-0.4, -0.2) is 26.2 Å². The smallest absolute Gasteiger partial charge is 0.0508 e. The molecule has 3 rings (SSSR count). The van der Waals surface area contributed by atoms with Crippen LogP contribution in [0.25, 0.3) is 0 Å². The highest BCUT2D eigenvalue weighted by atomic mass is 79.9. The highest BCUT2D eigenvalue weighted by Crippen LogP contribution is 2.35. The van der Waals surface area contributed by atoms with Gasteiger partial charge in [-0.15, -0.1) is 0 Å². The lowest BCUT2D eigenvalue weighted by Gasteiger charge is -2.31. The molecule has 2 nitrogen and oxygen atoms in total. The molecule has 0 aliphatic carbocycles. The lowest BCUT2D eigenvalue weighted by molar-refractivity contribution is 0.587. The summed E-state index contributed by atoms with van der Waals surface area (Å²) >= 11 is 5.32. The minimum absolute atomic E-state index is 1.07. The van der Waals surface area contributed by atoms with Gasteiger partial charge in [-0.3, -0.25) is 0 Å². The van der Waals surface area contributed by atoms with Crippen molar-refractivity contribution >= 4 is 33.4 Å². The van der Waals surface area contributed by atoms with Gasteiger partial charge in [0.05, 0.1) is 5.69 Å². The molecule has 104 valence electrons. The molecule has 1 fully saturated rings. The molecular formula is C16H17BrN2S. The summed E-state index contributed by atoms with van der Waals surface area (Å²) in [5.41, 5.74) is 1.35. The minimum Gasteiger partial charge on any atom is -0.368 e. The van der Waals surface area contributed by atoms with Gasteiger partial charge in [0.25, 0.3) is 0 Å². The summed E-state index contributed by atoms with van der Waals surface area (Å²) in [5, 5.41) is 3.41. The molecule has 0 amide bonds. The van der Waals surface area contributed by atoms with Crippen LogP contribution in [0, 0.1) is 0 Å². The van der Waals surface area contributed by atoms with Crippen LogP contribution < -0.4 is 10.2 Å². The molecule has 0 spiro atoms. The van der Waals surface area contributed by atoms with Crippen molar-refractivity contribution in [2.75, 3.05) is 31.1 Å². The zero-order valence-electron chi connectivity index (χ0n) is 11.2. The Morgan fingerprint density at radius 2 is 1.65 bits per heavy atom. The van der Waals surface area contributed by atoms with Gasteiger partial charge in [-0.25, -0.2) is 0 Å². The van der Waals surface area contributed by atoms with Gasteiger partial charge in [0.1, 0.15) is 0 Å². The monoisotopic (exact) mass is 348 g/mol. The van der Waals surface area contributed by atoms with Gasteiger partial charge in [0.15, 0.2) is 0 Å². The zero-order valence-corrected chi connectivity index (χ0v) is 13.6. The second-order valence-electron chi connectivity index (χ2n) is 4.76. The van der Waals surface area contributed by atoms with Crippen molar-refractivity contribution in [1.82, 2.24) is 5.32 Å². The first-order valence-corrected chi connectivity index (χ1v) is 8.42. The van der Waals surface area contributed by atoms with Gasteiger partial charge in [0, 0.05) is 40.4 Å². The van der Waals surface area contributed by atoms with Gasteiger partial charge >= 0.3 is 0 Å². The van der Waals surface area contributed by atoms with E-state index < -0.39 is 0 Å². The molecule has 1 N–H and O–H groups in total. The van der Waals surface area contributed by atoms with Crippen LogP contribution in [0.3, 0.4) is 0 Å². The Kier molecular flexibility index (Phi) is 4.65. The number of nitrogens with one attached hydrogen (secondary N) is 1. The van der Waals surface area contributed by atoms with Crippen LogP contribution in [0.15, 0.2) is 62.8 Å². The molecule has 1 aliphatic rings. The molecule has 20 heavy (non-hydrogen) atoms. The van der Waals surface area contributed by atoms with Gasteiger partial charge in [0.2, 0.25) is 0 Å². The largest absolute Gasteiger partial charge is 0.368 e. The quantitative estimate of drug-likeness (QED) is 0.901. The Morgan fingerprint density at radius 1 is 0.950 bits per heavy atom. The molecule has 0 bridgehead atoms. The summed E-state index contributed by atoms with van der Waals surface area (Å²) in [6.45, 7) is 4.30. The van der Waals surface area contributed by atoms with Crippen molar-refractivity contribution in [3.05, 3.63) is 53.0 Å². The van der Waals surface area contributed by atoms with E-state index in [-0.39, 0.29) is 0 Å². The Morgan fingerprint density at radius 3 is 2.40 bits per heavy atom. The van der Waals surface area contributed by atoms with E-state index in [4.69, 9.17) is 0 Å². The third kappa shape index (κ3) is 3.37. The summed E-state index contributed by atoms with van der Waals surface area (Å²) < 4.78 is 1.12. The van der Waals surface area contributed by atoms with E-state index in [0.29, 0.717) is 0 Å². The van der Waals surface area contributed by atoms with Crippen LogP contribution in [-0.2, 0) is 0 Å². The van der Waals surface area contributed by atoms with E-state index in [9.17, 15) is 0 Å². The van der Waals surface area contributed by atoms with Crippen LogP contribution >= 0.6 is 27.7 Å². The fourth-order valence-corrected chi connectivity index (χ4v) is 3.58. The average molecular weight is 349 g/mol. The highest BCUT2D eigenvalue weighted by molar-refractivity contribution is 9.10. The molecule has 2 aromatic carbocycles. The molecule has 2 aromatic rings. The molecule has 1 heterocycles. The second-order valence-corrected chi connectivity index (χ2v) is 6.79. The van der Waals surface area contributed by atoms with Crippen LogP contribution in [0.5, 0.6) is 0 Å². The van der Waals surface area contributed by atoms with Crippen molar-refractivity contribution in [3.8, 4) is 0 Å². The zero-order chi connectivity index (χ0) is 13.8. The number of piperazine rings is 1. The predicted molar refractivity (Wildman–Crippen MR) is 89.8 cm³/mol. The molecule has 0 aromatic heterocycles. The number of nitrogens with zero attached hydrogens (tertiary/aromatic N) is 1. The van der Waals surface area contributed by atoms with E-state index in [1.165, 1.54) is 15.5 Å². The highest BCUT2D eigenvalue weighted by Gasteiger charge is 2.14. The summed E-state index contributed by atoms with van der Waals surface area (Å²) in [4.78, 5) is 5.07. The van der Waals surface area contributed by atoms with Crippen LogP contribution in [0.1, 0.15) is 0 Å². The normalized spacial score (nSPS) is 15.3. The first-order valence-electron chi connectivity index (χ1n) is 6.81. The maximum atomic E-state index is 3.48. The molecule has 4 heteroatoms. The number of halogens is 1. The average Bonchev–Trinajstić information content (AvgIpc) is 2.51. The number of benzene rings is 2. The molecule has 1 saturated heterocycles. The second kappa shape index (κ2) is 6.66. The van der Waals surface area contributed by atoms with E-state index in [1.807, 2.05) is 11.8 Å². The Bertz CT molecular complexity index is 565. The third-order valence-corrected chi connectivity index (χ3v) is 4.97. The van der Waals surface area contributed by atoms with E-state index >= 15 is 0 Å². The number of para-hydroxylation sites is 1. The van der Waals surface area contributed by atoms with E-state index in [0.717, 1.165) is 30.7 Å². The predicted octanol–water partition coefficient (Wildman–Crippen LogP) is 4.01. The van der Waals surface area contributed by atoms with Crippen molar-refractivity contribution in [3.63, 3.8) is 0 Å². The lowest BCUT2D eigenvalue weighted by atomic mass is 10.2. The minimum atomic E-state index is 1.07. The number of hydrogen-bond donors (Lipinski definition) is 1. The van der Waals surface area contributed by atoms with Gasteiger partial charge in [-0.05, 0) is 36.4 Å². The maximum Gasteiger partial charge on any atom is 0.0508 e. The summed E-state index contributed by atoms with van der Waals surface area (Å²) in [7, 11) is 0. The Balaban J connectivity index is 1.83. The maximum absolute atomic E-state index is 3.48. The Hall–Kier alpha value is -0.970. The SMILES string of the molecule is Brc1ccc(Sc2ccccc2N2CCNCC2)cc1. The summed E-state index contributed by atoms with van der Waals surface area (Å²) in [6.07, 6.45) is 0.